The molecule has 2 amide bonds. The zero-order valence-electron chi connectivity index (χ0n) is 26.0. The van der Waals surface area contributed by atoms with E-state index in [2.05, 4.69) is 41.5 Å². The van der Waals surface area contributed by atoms with Gasteiger partial charge in [-0.3, -0.25) is 4.79 Å². The first-order valence-electron chi connectivity index (χ1n) is 14.7. The summed E-state index contributed by atoms with van der Waals surface area (Å²) in [5, 5.41) is 2.92. The van der Waals surface area contributed by atoms with Crippen molar-refractivity contribution in [2.45, 2.75) is 80.3 Å². The van der Waals surface area contributed by atoms with Crippen molar-refractivity contribution in [3.63, 3.8) is 0 Å². The molecule has 0 spiro atoms. The Morgan fingerprint density at radius 1 is 0.951 bits per heavy atom. The number of aryl methyl sites for hydroxylation is 1. The molecule has 2 aromatic rings. The van der Waals surface area contributed by atoms with E-state index in [1.54, 1.807) is 32.0 Å². The van der Waals surface area contributed by atoms with Gasteiger partial charge in [0.2, 0.25) is 5.91 Å². The number of rotatable bonds is 15. The van der Waals surface area contributed by atoms with Crippen LogP contribution in [0.4, 0.5) is 10.5 Å². The van der Waals surface area contributed by atoms with Crippen LogP contribution in [0.5, 0.6) is 5.75 Å². The summed E-state index contributed by atoms with van der Waals surface area (Å²) in [7, 11) is 0. The van der Waals surface area contributed by atoms with E-state index in [1.807, 2.05) is 44.2 Å². The third-order valence-electron chi connectivity index (χ3n) is 5.62. The van der Waals surface area contributed by atoms with Gasteiger partial charge in [-0.1, -0.05) is 71.4 Å². The molecule has 0 radical (unpaired) electrons. The summed E-state index contributed by atoms with van der Waals surface area (Å²) in [5.41, 5.74) is 6.73. The highest BCUT2D eigenvalue weighted by Crippen LogP contribution is 2.27. The van der Waals surface area contributed by atoms with Crippen LogP contribution in [0.15, 0.2) is 48.5 Å². The van der Waals surface area contributed by atoms with Gasteiger partial charge in [0.25, 0.3) is 0 Å². The minimum Gasteiger partial charge on any atom is -0.491 e. The molecule has 41 heavy (non-hydrogen) atoms. The monoisotopic (exact) mass is 573 g/mol. The maximum atomic E-state index is 12.5. The largest absolute Gasteiger partial charge is 0.491 e. The van der Waals surface area contributed by atoms with Crippen LogP contribution >= 0.6 is 0 Å². The lowest BCUT2D eigenvalue weighted by Gasteiger charge is -2.18. The highest BCUT2D eigenvalue weighted by Gasteiger charge is 2.14. The van der Waals surface area contributed by atoms with Gasteiger partial charge in [0.05, 0.1) is 24.0 Å². The normalized spacial score (nSPS) is 10.1. The van der Waals surface area contributed by atoms with Gasteiger partial charge in [0, 0.05) is 13.0 Å². The van der Waals surface area contributed by atoms with Crippen molar-refractivity contribution in [3.05, 3.63) is 59.7 Å². The Kier molecular flexibility index (Phi) is 21.1. The average molecular weight is 574 g/mol. The van der Waals surface area contributed by atoms with Crippen LogP contribution in [0.1, 0.15) is 83.7 Å². The SMILES string of the molecule is CC.CC(C)OC(N)=O.CCCCOc1cc(C(=O)OCCN(CC)CC)ccc1NC(=O)CCc1ccccc1. The number of esters is 1. The van der Waals surface area contributed by atoms with Crippen molar-refractivity contribution in [2.75, 3.05) is 38.2 Å². The predicted octanol–water partition coefficient (Wildman–Crippen LogP) is 6.45. The van der Waals surface area contributed by atoms with Crippen LogP contribution in [0, 0.1) is 0 Å². The Hall–Kier alpha value is -3.59. The predicted molar refractivity (Wildman–Crippen MR) is 165 cm³/mol. The summed E-state index contributed by atoms with van der Waals surface area (Å²) < 4.78 is 15.7. The van der Waals surface area contributed by atoms with E-state index in [0.717, 1.165) is 31.5 Å². The first-order valence-corrected chi connectivity index (χ1v) is 14.7. The highest BCUT2D eigenvalue weighted by atomic mass is 16.6. The van der Waals surface area contributed by atoms with Crippen molar-refractivity contribution in [1.29, 1.82) is 0 Å². The highest BCUT2D eigenvalue weighted by molar-refractivity contribution is 5.95. The van der Waals surface area contributed by atoms with E-state index in [-0.39, 0.29) is 18.0 Å². The number of hydrogen-bond donors (Lipinski definition) is 2. The number of nitrogens with one attached hydrogen (secondary N) is 1. The van der Waals surface area contributed by atoms with Crippen molar-refractivity contribution in [1.82, 2.24) is 4.90 Å². The molecular formula is C32H51N3O6. The molecule has 0 saturated heterocycles. The molecule has 0 aromatic heterocycles. The number of likely N-dealkylation sites (N-methyl/N-ethyl adjacent to an activating group) is 1. The third-order valence-corrected chi connectivity index (χ3v) is 5.62. The molecule has 0 heterocycles. The zero-order valence-corrected chi connectivity index (χ0v) is 26.0. The minimum atomic E-state index is -0.713. The smallest absolute Gasteiger partial charge is 0.404 e. The molecule has 230 valence electrons. The van der Waals surface area contributed by atoms with E-state index in [1.165, 1.54) is 0 Å². The average Bonchev–Trinajstić information content (AvgIpc) is 2.96. The van der Waals surface area contributed by atoms with Gasteiger partial charge in [0.15, 0.2) is 0 Å². The number of unbranched alkanes of at least 4 members (excludes halogenated alkanes) is 1. The van der Waals surface area contributed by atoms with Gasteiger partial charge >= 0.3 is 12.1 Å². The van der Waals surface area contributed by atoms with Crippen LogP contribution in [0.2, 0.25) is 0 Å². The van der Waals surface area contributed by atoms with Gasteiger partial charge in [-0.2, -0.15) is 0 Å². The second-order valence-electron chi connectivity index (χ2n) is 9.10. The van der Waals surface area contributed by atoms with E-state index in [9.17, 15) is 14.4 Å². The van der Waals surface area contributed by atoms with Crippen molar-refractivity contribution in [3.8, 4) is 5.75 Å². The minimum absolute atomic E-state index is 0.0938. The van der Waals surface area contributed by atoms with Gasteiger partial charge in [-0.05, 0) is 63.5 Å². The number of hydrogen-bond acceptors (Lipinski definition) is 7. The van der Waals surface area contributed by atoms with Gasteiger partial charge in [-0.25, -0.2) is 9.59 Å². The number of benzene rings is 2. The fourth-order valence-corrected chi connectivity index (χ4v) is 3.44. The van der Waals surface area contributed by atoms with E-state index in [4.69, 9.17) is 9.47 Å². The molecule has 0 unspecified atom stereocenters. The van der Waals surface area contributed by atoms with Crippen LogP contribution in [-0.4, -0.2) is 61.8 Å². The number of anilines is 1. The Morgan fingerprint density at radius 2 is 1.61 bits per heavy atom. The van der Waals surface area contributed by atoms with Crippen LogP contribution in [-0.2, 0) is 20.7 Å². The molecule has 0 fully saturated rings. The fourth-order valence-electron chi connectivity index (χ4n) is 3.44. The molecule has 0 aliphatic heterocycles. The molecule has 0 saturated carbocycles. The first-order chi connectivity index (χ1) is 19.7. The number of amides is 2. The third kappa shape index (κ3) is 17.7. The number of nitrogens with zero attached hydrogens (tertiary/aromatic N) is 1. The number of nitrogens with two attached hydrogens (primary N) is 1. The number of ether oxygens (including phenoxy) is 3. The molecule has 0 bridgehead atoms. The summed E-state index contributed by atoms with van der Waals surface area (Å²) in [4.78, 5) is 37.0. The summed E-state index contributed by atoms with van der Waals surface area (Å²) >= 11 is 0. The lowest BCUT2D eigenvalue weighted by molar-refractivity contribution is -0.116. The Balaban J connectivity index is 0.00000155. The first kappa shape index (κ1) is 37.4. The van der Waals surface area contributed by atoms with Crippen molar-refractivity contribution >= 4 is 23.7 Å². The molecule has 0 aliphatic rings. The second-order valence-corrected chi connectivity index (χ2v) is 9.10. The lowest BCUT2D eigenvalue weighted by Crippen LogP contribution is -2.27. The molecule has 0 aliphatic carbocycles. The maximum absolute atomic E-state index is 12.5. The zero-order chi connectivity index (χ0) is 31.0. The summed E-state index contributed by atoms with van der Waals surface area (Å²) in [6.07, 6.45) is 2.10. The van der Waals surface area contributed by atoms with E-state index < -0.39 is 6.09 Å². The van der Waals surface area contributed by atoms with Crippen LogP contribution in [0.3, 0.4) is 0 Å². The number of carbonyl (C=O) groups is 3. The van der Waals surface area contributed by atoms with Crippen molar-refractivity contribution in [2.24, 2.45) is 5.73 Å². The van der Waals surface area contributed by atoms with Gasteiger partial charge in [-0.15, -0.1) is 0 Å². The molecule has 2 rings (SSSR count). The van der Waals surface area contributed by atoms with Gasteiger partial charge in [0.1, 0.15) is 12.4 Å². The number of primary amides is 1. The topological polar surface area (TPSA) is 120 Å². The van der Waals surface area contributed by atoms with Crippen molar-refractivity contribution < 1.29 is 28.6 Å². The fraction of sp³-hybridized carbons (Fsp3) is 0.531. The molecule has 2 aromatic carbocycles. The quantitative estimate of drug-likeness (QED) is 0.185. The molecule has 3 N–H and O–H groups in total. The molecular weight excluding hydrogens is 522 g/mol. The molecule has 9 nitrogen and oxygen atoms in total. The summed E-state index contributed by atoms with van der Waals surface area (Å²) in [6.45, 7) is 17.1. The Labute approximate surface area is 246 Å². The second kappa shape index (κ2) is 23.1. The van der Waals surface area contributed by atoms with E-state index >= 15 is 0 Å². The number of carbonyl (C=O) groups excluding carboxylic acids is 3. The van der Waals surface area contributed by atoms with Crippen LogP contribution in [0.25, 0.3) is 0 Å². The standard InChI is InChI=1S/C26H36N2O4.C4H9NO2.C2H6/c1-4-7-18-31-24-20-22(26(30)32-19-17-28(5-2)6-3)14-15-23(24)27-25(29)16-13-21-11-9-8-10-12-21;1-3(2)7-4(5)6;1-2/h8-12,14-15,20H,4-7,13,16-19H2,1-3H3,(H,27,29);3H,1-2H3,(H2,5,6);1-2H3. The molecule has 9 heteroatoms. The van der Waals surface area contributed by atoms with Gasteiger partial charge < -0.3 is 30.2 Å². The Bertz CT molecular complexity index is 994. The Morgan fingerprint density at radius 3 is 2.15 bits per heavy atom. The van der Waals surface area contributed by atoms with Crippen LogP contribution < -0.4 is 15.8 Å². The lowest BCUT2D eigenvalue weighted by atomic mass is 10.1. The summed E-state index contributed by atoms with van der Waals surface area (Å²) in [6, 6.07) is 14.9. The maximum Gasteiger partial charge on any atom is 0.404 e. The molecule has 0 atom stereocenters. The summed E-state index contributed by atoms with van der Waals surface area (Å²) in [5.74, 6) is 0.00731. The van der Waals surface area contributed by atoms with E-state index in [0.29, 0.717) is 49.6 Å².